The molecule has 2 heterocycles. The molecule has 2 N–H and O–H groups in total. The first-order valence-corrected chi connectivity index (χ1v) is 7.37. The molecule has 1 aromatic rings. The Morgan fingerprint density at radius 2 is 2.10 bits per heavy atom. The van der Waals surface area contributed by atoms with Crippen LogP contribution in [0.15, 0.2) is 18.5 Å². The van der Waals surface area contributed by atoms with Gasteiger partial charge in [-0.1, -0.05) is 0 Å². The minimum atomic E-state index is -0.830. The van der Waals surface area contributed by atoms with Crippen molar-refractivity contribution in [2.75, 3.05) is 19.6 Å². The Kier molecular flexibility index (Phi) is 5.59. The number of likely N-dealkylation sites (tertiary alicyclic amines) is 1. The van der Waals surface area contributed by atoms with E-state index < -0.39 is 5.97 Å². The molecule has 1 saturated heterocycles. The number of carbonyl (C=O) groups is 2. The maximum absolute atomic E-state index is 11.9. The predicted molar refractivity (Wildman–Crippen MR) is 76.8 cm³/mol. The second kappa shape index (κ2) is 7.66. The Morgan fingerprint density at radius 3 is 2.71 bits per heavy atom. The van der Waals surface area contributed by atoms with Crippen molar-refractivity contribution >= 4 is 12.0 Å². The van der Waals surface area contributed by atoms with Gasteiger partial charge in [-0.15, -0.1) is 0 Å². The first-order valence-electron chi connectivity index (χ1n) is 7.37. The highest BCUT2D eigenvalue weighted by atomic mass is 16.4. The van der Waals surface area contributed by atoms with Crippen molar-refractivity contribution in [3.05, 3.63) is 18.5 Å². The van der Waals surface area contributed by atoms with E-state index in [2.05, 4.69) is 10.4 Å². The summed E-state index contributed by atoms with van der Waals surface area (Å²) in [5, 5.41) is 15.5. The summed E-state index contributed by atoms with van der Waals surface area (Å²) in [4.78, 5) is 24.1. The first-order chi connectivity index (χ1) is 10.1. The molecule has 1 aliphatic rings. The number of hydrogen-bond acceptors (Lipinski definition) is 3. The van der Waals surface area contributed by atoms with E-state index >= 15 is 0 Å². The molecule has 0 aliphatic carbocycles. The molecule has 0 unspecified atom stereocenters. The van der Waals surface area contributed by atoms with E-state index in [0.29, 0.717) is 18.9 Å². The topological polar surface area (TPSA) is 87.5 Å². The van der Waals surface area contributed by atoms with Crippen LogP contribution in [0.3, 0.4) is 0 Å². The molecule has 0 atom stereocenters. The number of nitrogens with one attached hydrogen (secondary N) is 1. The van der Waals surface area contributed by atoms with Gasteiger partial charge in [-0.25, -0.2) is 4.79 Å². The molecule has 1 aromatic heterocycles. The van der Waals surface area contributed by atoms with Crippen LogP contribution >= 0.6 is 0 Å². The lowest BCUT2D eigenvalue weighted by Gasteiger charge is -2.32. The normalized spacial score (nSPS) is 15.9. The van der Waals surface area contributed by atoms with Crippen molar-refractivity contribution in [3.63, 3.8) is 0 Å². The SMILES string of the molecule is O=C(O)CCCNC(=O)N1CCC(Cn2cccn2)CC1. The average Bonchev–Trinajstić information content (AvgIpc) is 2.97. The first kappa shape index (κ1) is 15.3. The predicted octanol–water partition coefficient (Wildman–Crippen LogP) is 1.17. The lowest BCUT2D eigenvalue weighted by atomic mass is 9.97. The lowest BCUT2D eigenvalue weighted by molar-refractivity contribution is -0.137. The van der Waals surface area contributed by atoms with E-state index in [0.717, 1.165) is 32.5 Å². The van der Waals surface area contributed by atoms with Gasteiger partial charge >= 0.3 is 12.0 Å². The summed E-state index contributed by atoms with van der Waals surface area (Å²) in [5.74, 6) is -0.273. The monoisotopic (exact) mass is 294 g/mol. The van der Waals surface area contributed by atoms with Crippen molar-refractivity contribution < 1.29 is 14.7 Å². The van der Waals surface area contributed by atoms with Gasteiger partial charge in [0.15, 0.2) is 0 Å². The smallest absolute Gasteiger partial charge is 0.317 e. The summed E-state index contributed by atoms with van der Waals surface area (Å²) in [6, 6.07) is 1.83. The quantitative estimate of drug-likeness (QED) is 0.771. The van der Waals surface area contributed by atoms with Crippen molar-refractivity contribution in [3.8, 4) is 0 Å². The number of rotatable bonds is 6. The Balaban J connectivity index is 1.63. The van der Waals surface area contributed by atoms with E-state index in [-0.39, 0.29) is 12.5 Å². The van der Waals surface area contributed by atoms with Crippen LogP contribution in [0.1, 0.15) is 25.7 Å². The van der Waals surface area contributed by atoms with Crippen molar-refractivity contribution in [1.29, 1.82) is 0 Å². The molecule has 0 radical (unpaired) electrons. The Hall–Kier alpha value is -2.05. The number of amides is 2. The van der Waals surface area contributed by atoms with E-state index in [1.807, 2.05) is 16.9 Å². The van der Waals surface area contributed by atoms with Gasteiger partial charge in [-0.05, 0) is 31.2 Å². The largest absolute Gasteiger partial charge is 0.481 e. The molecule has 1 aliphatic heterocycles. The number of aromatic nitrogens is 2. The summed E-state index contributed by atoms with van der Waals surface area (Å²) in [5.41, 5.74) is 0. The molecule has 0 bridgehead atoms. The van der Waals surface area contributed by atoms with Gasteiger partial charge in [-0.2, -0.15) is 5.10 Å². The van der Waals surface area contributed by atoms with Crippen LogP contribution in [0, 0.1) is 5.92 Å². The highest BCUT2D eigenvalue weighted by Gasteiger charge is 2.22. The number of urea groups is 1. The second-order valence-corrected chi connectivity index (χ2v) is 5.39. The summed E-state index contributed by atoms with van der Waals surface area (Å²) in [7, 11) is 0. The second-order valence-electron chi connectivity index (χ2n) is 5.39. The number of carboxylic acids is 1. The van der Waals surface area contributed by atoms with Gasteiger partial charge in [0.1, 0.15) is 0 Å². The minimum Gasteiger partial charge on any atom is -0.481 e. The summed E-state index contributed by atoms with van der Waals surface area (Å²) in [6.07, 6.45) is 6.25. The third kappa shape index (κ3) is 5.09. The fraction of sp³-hybridized carbons (Fsp3) is 0.643. The zero-order chi connectivity index (χ0) is 15.1. The van der Waals surface area contributed by atoms with E-state index in [1.54, 1.807) is 11.1 Å². The lowest BCUT2D eigenvalue weighted by Crippen LogP contribution is -2.45. The molecule has 0 spiro atoms. The standard InChI is InChI=1S/C14H22N4O3/c19-13(20)3-1-6-15-14(21)17-9-4-12(5-10-17)11-18-8-2-7-16-18/h2,7-8,12H,1,3-6,9-11H2,(H,15,21)(H,19,20). The van der Waals surface area contributed by atoms with Crippen LogP contribution in [0.25, 0.3) is 0 Å². The molecule has 2 rings (SSSR count). The van der Waals surface area contributed by atoms with E-state index in [9.17, 15) is 9.59 Å². The minimum absolute atomic E-state index is 0.0853. The fourth-order valence-electron chi connectivity index (χ4n) is 2.54. The number of aliphatic carboxylic acids is 1. The van der Waals surface area contributed by atoms with Crippen LogP contribution in [0.5, 0.6) is 0 Å². The Morgan fingerprint density at radius 1 is 1.33 bits per heavy atom. The third-order valence-corrected chi connectivity index (χ3v) is 3.75. The highest BCUT2D eigenvalue weighted by molar-refractivity contribution is 5.74. The summed E-state index contributed by atoms with van der Waals surface area (Å²) in [6.45, 7) is 2.81. The zero-order valence-corrected chi connectivity index (χ0v) is 12.1. The summed E-state index contributed by atoms with van der Waals surface area (Å²) >= 11 is 0. The number of nitrogens with zero attached hydrogens (tertiary/aromatic N) is 3. The molecular formula is C14H22N4O3. The van der Waals surface area contributed by atoms with Gasteiger partial charge in [-0.3, -0.25) is 9.48 Å². The maximum atomic E-state index is 11.9. The maximum Gasteiger partial charge on any atom is 0.317 e. The molecule has 1 fully saturated rings. The molecule has 21 heavy (non-hydrogen) atoms. The molecule has 0 saturated carbocycles. The molecular weight excluding hydrogens is 272 g/mol. The van der Waals surface area contributed by atoms with Crippen LogP contribution in [-0.2, 0) is 11.3 Å². The number of carbonyl (C=O) groups excluding carboxylic acids is 1. The van der Waals surface area contributed by atoms with Crippen LogP contribution < -0.4 is 5.32 Å². The summed E-state index contributed by atoms with van der Waals surface area (Å²) < 4.78 is 1.94. The number of hydrogen-bond donors (Lipinski definition) is 2. The van der Waals surface area contributed by atoms with Gasteiger partial charge in [0, 0.05) is 45.0 Å². The van der Waals surface area contributed by atoms with Crippen molar-refractivity contribution in [1.82, 2.24) is 20.0 Å². The highest BCUT2D eigenvalue weighted by Crippen LogP contribution is 2.18. The van der Waals surface area contributed by atoms with Gasteiger partial charge < -0.3 is 15.3 Å². The van der Waals surface area contributed by atoms with Gasteiger partial charge in [0.05, 0.1) is 0 Å². The molecule has 0 aromatic carbocycles. The number of carboxylic acid groups (broad SMARTS) is 1. The van der Waals surface area contributed by atoms with E-state index in [1.165, 1.54) is 0 Å². The number of piperidine rings is 1. The van der Waals surface area contributed by atoms with Gasteiger partial charge in [0.2, 0.25) is 0 Å². The Bertz CT molecular complexity index is 453. The molecule has 116 valence electrons. The third-order valence-electron chi connectivity index (χ3n) is 3.75. The van der Waals surface area contributed by atoms with Crippen LogP contribution in [0.2, 0.25) is 0 Å². The van der Waals surface area contributed by atoms with Crippen LogP contribution in [0.4, 0.5) is 4.79 Å². The van der Waals surface area contributed by atoms with Gasteiger partial charge in [0.25, 0.3) is 0 Å². The molecule has 2 amide bonds. The fourth-order valence-corrected chi connectivity index (χ4v) is 2.54. The molecule has 7 heteroatoms. The average molecular weight is 294 g/mol. The Labute approximate surface area is 123 Å². The van der Waals surface area contributed by atoms with E-state index in [4.69, 9.17) is 5.11 Å². The zero-order valence-electron chi connectivity index (χ0n) is 12.1. The van der Waals surface area contributed by atoms with Crippen molar-refractivity contribution in [2.24, 2.45) is 5.92 Å². The van der Waals surface area contributed by atoms with Crippen LogP contribution in [-0.4, -0.2) is 51.4 Å². The molecule has 7 nitrogen and oxygen atoms in total. The van der Waals surface area contributed by atoms with Crippen molar-refractivity contribution in [2.45, 2.75) is 32.2 Å².